The highest BCUT2D eigenvalue weighted by molar-refractivity contribution is 6.16. The number of Topliss-reactive ketones (excluding diaryl/α,β-unsaturated/α-hetero) is 1. The maximum Gasteiger partial charge on any atom is 0.424 e. The van der Waals surface area contributed by atoms with Gasteiger partial charge in [0.05, 0.1) is 29.7 Å². The molecule has 1 amide bonds. The minimum atomic E-state index is -0.595. The summed E-state index contributed by atoms with van der Waals surface area (Å²) in [7, 11) is 1.62. The lowest BCUT2D eigenvalue weighted by atomic mass is 10.0. The van der Waals surface area contributed by atoms with Gasteiger partial charge < -0.3 is 19.2 Å². The van der Waals surface area contributed by atoms with Crippen LogP contribution in [0.2, 0.25) is 0 Å². The smallest absolute Gasteiger partial charge is 0.424 e. The Morgan fingerprint density at radius 1 is 0.773 bits per heavy atom. The summed E-state index contributed by atoms with van der Waals surface area (Å²) in [4.78, 5) is 31.9. The van der Waals surface area contributed by atoms with Crippen LogP contribution in [-0.4, -0.2) is 24.0 Å². The number of nitrogens with zero attached hydrogens (tertiary/aromatic N) is 1. The maximum atomic E-state index is 13.5. The van der Waals surface area contributed by atoms with Crippen molar-refractivity contribution in [1.29, 1.82) is 0 Å². The molecule has 0 unspecified atom stereocenters. The van der Waals surface area contributed by atoms with E-state index in [4.69, 9.17) is 14.2 Å². The summed E-state index contributed by atoms with van der Waals surface area (Å²) in [6, 6.07) is 39.0. The zero-order valence-corrected chi connectivity index (χ0v) is 23.7. The lowest BCUT2D eigenvalue weighted by molar-refractivity contribution is 0.101. The molecule has 0 radical (unpaired) electrons. The van der Waals surface area contributed by atoms with Crippen molar-refractivity contribution in [2.45, 2.75) is 0 Å². The molecule has 0 aliphatic carbocycles. The number of ether oxygens (including phenoxy) is 3. The number of aromatic amines is 1. The van der Waals surface area contributed by atoms with Crippen LogP contribution in [0.25, 0.3) is 28.2 Å². The Balaban J connectivity index is 1.22. The van der Waals surface area contributed by atoms with Gasteiger partial charge in [0.2, 0.25) is 5.78 Å². The second-order valence-corrected chi connectivity index (χ2v) is 10.2. The van der Waals surface area contributed by atoms with E-state index in [-0.39, 0.29) is 17.3 Å². The molecule has 0 bridgehead atoms. The molecule has 7 rings (SSSR count). The minimum absolute atomic E-state index is 0.166. The van der Waals surface area contributed by atoms with Gasteiger partial charge in [-0.15, -0.1) is 0 Å². The van der Waals surface area contributed by atoms with Crippen LogP contribution < -0.4 is 19.1 Å². The van der Waals surface area contributed by atoms with E-state index < -0.39 is 6.09 Å². The van der Waals surface area contributed by atoms with Gasteiger partial charge in [-0.05, 0) is 66.2 Å². The molecule has 0 saturated heterocycles. The molecule has 1 N–H and O–H groups in total. The van der Waals surface area contributed by atoms with Crippen molar-refractivity contribution in [2.75, 3.05) is 12.0 Å². The number of nitrogens with one attached hydrogen (secondary N) is 1. The number of ketones is 1. The Bertz CT molecular complexity index is 1990. The Morgan fingerprint density at radius 3 is 2.07 bits per heavy atom. The molecular weight excluding hydrogens is 552 g/mol. The van der Waals surface area contributed by atoms with Gasteiger partial charge in [-0.2, -0.15) is 0 Å². The molecule has 7 nitrogen and oxygen atoms in total. The molecule has 7 heteroatoms. The Hall–Kier alpha value is -6.08. The highest BCUT2D eigenvalue weighted by Gasteiger charge is 2.30. The third-order valence-electron chi connectivity index (χ3n) is 7.44. The van der Waals surface area contributed by atoms with Gasteiger partial charge in [0.25, 0.3) is 0 Å². The first-order valence-corrected chi connectivity index (χ1v) is 14.0. The first-order chi connectivity index (χ1) is 21.6. The standard InChI is InChI=1S/C37H26N2O5/c1-42-27-18-20-32-30(21-27)31(35(38-32)24-11-5-2-6-12-24)23-34-36(40)29-19-17-28(22-33(29)44-34)43-37(41)39(25-13-7-3-8-14-25)26-15-9-4-10-16-26/h2-23,38H,1H3/b34-23+. The van der Waals surface area contributed by atoms with Gasteiger partial charge in [0, 0.05) is 22.5 Å². The molecule has 1 aliphatic rings. The number of para-hydroxylation sites is 2. The zero-order chi connectivity index (χ0) is 30.0. The molecule has 1 aromatic heterocycles. The Labute approximate surface area is 253 Å². The molecular formula is C37H26N2O5. The minimum Gasteiger partial charge on any atom is -0.497 e. The number of aromatic nitrogens is 1. The van der Waals surface area contributed by atoms with Crippen LogP contribution in [0.4, 0.5) is 16.2 Å². The lowest BCUT2D eigenvalue weighted by Crippen LogP contribution is -2.29. The van der Waals surface area contributed by atoms with Crippen molar-refractivity contribution in [1.82, 2.24) is 4.98 Å². The van der Waals surface area contributed by atoms with E-state index in [1.807, 2.05) is 109 Å². The summed E-state index contributed by atoms with van der Waals surface area (Å²) >= 11 is 0. The van der Waals surface area contributed by atoms with Crippen molar-refractivity contribution >= 4 is 40.2 Å². The van der Waals surface area contributed by atoms with Crippen LogP contribution in [0.15, 0.2) is 133 Å². The van der Waals surface area contributed by atoms with E-state index in [1.54, 1.807) is 31.4 Å². The van der Waals surface area contributed by atoms with E-state index in [9.17, 15) is 9.59 Å². The Morgan fingerprint density at radius 2 is 1.41 bits per heavy atom. The normalized spacial score (nSPS) is 13.0. The molecule has 0 atom stereocenters. The maximum absolute atomic E-state index is 13.5. The monoisotopic (exact) mass is 578 g/mol. The third kappa shape index (κ3) is 4.97. The first kappa shape index (κ1) is 26.8. The van der Waals surface area contributed by atoms with E-state index in [0.717, 1.165) is 27.7 Å². The number of carbonyl (C=O) groups is 2. The van der Waals surface area contributed by atoms with Crippen LogP contribution in [-0.2, 0) is 0 Å². The predicted octanol–water partition coefficient (Wildman–Crippen LogP) is 8.80. The quantitative estimate of drug-likeness (QED) is 0.200. The van der Waals surface area contributed by atoms with Crippen LogP contribution in [0.5, 0.6) is 17.2 Å². The molecule has 44 heavy (non-hydrogen) atoms. The number of carbonyl (C=O) groups excluding carboxylic acids is 2. The van der Waals surface area contributed by atoms with Crippen molar-refractivity contribution in [2.24, 2.45) is 0 Å². The molecule has 0 fully saturated rings. The van der Waals surface area contributed by atoms with E-state index in [0.29, 0.717) is 28.4 Å². The topological polar surface area (TPSA) is 80.9 Å². The number of H-pyrrole nitrogens is 1. The zero-order valence-electron chi connectivity index (χ0n) is 23.7. The van der Waals surface area contributed by atoms with Crippen LogP contribution in [0, 0.1) is 0 Å². The molecule has 2 heterocycles. The second-order valence-electron chi connectivity index (χ2n) is 10.2. The summed E-state index contributed by atoms with van der Waals surface area (Å²) in [5.74, 6) is 1.17. The third-order valence-corrected chi connectivity index (χ3v) is 7.44. The van der Waals surface area contributed by atoms with Gasteiger partial charge in [-0.3, -0.25) is 4.79 Å². The van der Waals surface area contributed by atoms with Gasteiger partial charge >= 0.3 is 6.09 Å². The van der Waals surface area contributed by atoms with Crippen LogP contribution >= 0.6 is 0 Å². The van der Waals surface area contributed by atoms with Crippen molar-refractivity contribution < 1.29 is 23.8 Å². The summed E-state index contributed by atoms with van der Waals surface area (Å²) in [5.41, 5.74) is 5.22. The first-order valence-electron chi connectivity index (χ1n) is 14.0. The second kappa shape index (κ2) is 11.3. The number of amides is 1. The summed E-state index contributed by atoms with van der Waals surface area (Å²) in [5, 5.41) is 0.889. The average molecular weight is 579 g/mol. The molecule has 0 saturated carbocycles. The number of allylic oxidation sites excluding steroid dienone is 1. The van der Waals surface area contributed by atoms with Crippen molar-refractivity contribution in [3.63, 3.8) is 0 Å². The van der Waals surface area contributed by atoms with Crippen molar-refractivity contribution in [3.8, 4) is 28.5 Å². The molecule has 5 aromatic carbocycles. The predicted molar refractivity (Wildman–Crippen MR) is 171 cm³/mol. The number of benzene rings is 5. The molecule has 214 valence electrons. The van der Waals surface area contributed by atoms with Gasteiger partial charge in [0.15, 0.2) is 5.76 Å². The fraction of sp³-hybridized carbons (Fsp3) is 0.0270. The fourth-order valence-corrected chi connectivity index (χ4v) is 5.32. The van der Waals surface area contributed by atoms with Gasteiger partial charge in [-0.25, -0.2) is 9.69 Å². The van der Waals surface area contributed by atoms with Gasteiger partial charge in [0.1, 0.15) is 17.2 Å². The molecule has 6 aromatic rings. The number of rotatable bonds is 6. The molecule has 0 spiro atoms. The van der Waals surface area contributed by atoms with E-state index in [1.165, 1.54) is 4.90 Å². The van der Waals surface area contributed by atoms with E-state index >= 15 is 0 Å². The molecule has 1 aliphatic heterocycles. The highest BCUT2D eigenvalue weighted by Crippen LogP contribution is 2.39. The van der Waals surface area contributed by atoms with Crippen LogP contribution in [0.1, 0.15) is 15.9 Å². The fourth-order valence-electron chi connectivity index (χ4n) is 5.32. The SMILES string of the molecule is COc1ccc2[nH]c(-c3ccccc3)c(/C=C3/Oc4cc(OC(=O)N(c5ccccc5)c5ccccc5)ccc4C3=O)c2c1. The summed E-state index contributed by atoms with van der Waals surface area (Å²) in [6.45, 7) is 0. The Kier molecular flexibility index (Phi) is 6.88. The van der Waals surface area contributed by atoms with E-state index in [2.05, 4.69) is 4.98 Å². The van der Waals surface area contributed by atoms with Crippen LogP contribution in [0.3, 0.4) is 0 Å². The summed E-state index contributed by atoms with van der Waals surface area (Å²) in [6.07, 6.45) is 1.16. The number of methoxy groups -OCH3 is 1. The number of hydrogen-bond acceptors (Lipinski definition) is 5. The highest BCUT2D eigenvalue weighted by atomic mass is 16.6. The number of fused-ring (bicyclic) bond motifs is 2. The largest absolute Gasteiger partial charge is 0.497 e. The number of hydrogen-bond donors (Lipinski definition) is 1. The average Bonchev–Trinajstić information content (AvgIpc) is 3.58. The van der Waals surface area contributed by atoms with Gasteiger partial charge in [-0.1, -0.05) is 66.7 Å². The van der Waals surface area contributed by atoms with Crippen molar-refractivity contribution in [3.05, 3.63) is 144 Å². The lowest BCUT2D eigenvalue weighted by Gasteiger charge is -2.22. The summed E-state index contributed by atoms with van der Waals surface area (Å²) < 4.78 is 17.4. The number of anilines is 2.